The SMILES string of the molecule is N#Cc1c(Br)cnc(Br)c1C(F)F. The Morgan fingerprint density at radius 1 is 1.46 bits per heavy atom. The van der Waals surface area contributed by atoms with Crippen molar-refractivity contribution in [2.45, 2.75) is 6.43 Å². The second-order valence-electron chi connectivity index (χ2n) is 2.10. The minimum atomic E-state index is -2.71. The molecule has 6 heteroatoms. The highest BCUT2D eigenvalue weighted by atomic mass is 79.9. The Morgan fingerprint density at radius 3 is 2.46 bits per heavy atom. The summed E-state index contributed by atoms with van der Waals surface area (Å²) in [6.07, 6.45) is -1.41. The van der Waals surface area contributed by atoms with E-state index < -0.39 is 6.43 Å². The largest absolute Gasteiger partial charge is 0.267 e. The molecule has 0 unspecified atom stereocenters. The number of hydrogen-bond donors (Lipinski definition) is 0. The van der Waals surface area contributed by atoms with E-state index in [4.69, 9.17) is 5.26 Å². The topological polar surface area (TPSA) is 36.7 Å². The van der Waals surface area contributed by atoms with Gasteiger partial charge in [0.05, 0.1) is 15.6 Å². The normalized spacial score (nSPS) is 10.2. The molecule has 1 heterocycles. The Bertz CT molecular complexity index is 373. The summed E-state index contributed by atoms with van der Waals surface area (Å²) in [4.78, 5) is 3.65. The number of aromatic nitrogens is 1. The first kappa shape index (κ1) is 10.5. The average molecular weight is 312 g/mol. The van der Waals surface area contributed by atoms with Crippen LogP contribution in [0.3, 0.4) is 0 Å². The van der Waals surface area contributed by atoms with Gasteiger partial charge < -0.3 is 0 Å². The quantitative estimate of drug-likeness (QED) is 0.745. The molecule has 0 N–H and O–H groups in total. The lowest BCUT2D eigenvalue weighted by atomic mass is 10.2. The summed E-state index contributed by atoms with van der Waals surface area (Å²) in [6.45, 7) is 0. The molecule has 2 nitrogen and oxygen atoms in total. The number of rotatable bonds is 1. The van der Waals surface area contributed by atoms with Crippen molar-refractivity contribution < 1.29 is 8.78 Å². The highest BCUT2D eigenvalue weighted by Gasteiger charge is 2.19. The molecule has 0 aromatic carbocycles. The molecular formula is C7H2Br2F2N2. The number of nitriles is 1. The molecule has 1 aromatic heterocycles. The molecule has 0 fully saturated rings. The van der Waals surface area contributed by atoms with E-state index in [0.29, 0.717) is 0 Å². The van der Waals surface area contributed by atoms with Gasteiger partial charge in [0.15, 0.2) is 0 Å². The highest BCUT2D eigenvalue weighted by molar-refractivity contribution is 9.11. The van der Waals surface area contributed by atoms with E-state index in [9.17, 15) is 8.78 Å². The standard InChI is InChI=1S/C7H2Br2F2N2/c8-4-2-13-6(9)5(7(10)11)3(4)1-12/h2,7H. The molecule has 0 bridgehead atoms. The van der Waals surface area contributed by atoms with Crippen molar-refractivity contribution in [3.05, 3.63) is 26.4 Å². The fraction of sp³-hybridized carbons (Fsp3) is 0.143. The molecule has 1 rings (SSSR count). The van der Waals surface area contributed by atoms with E-state index in [1.807, 2.05) is 0 Å². The lowest BCUT2D eigenvalue weighted by Crippen LogP contribution is -1.95. The molecule has 0 aliphatic heterocycles. The maximum absolute atomic E-state index is 12.4. The van der Waals surface area contributed by atoms with Crippen LogP contribution >= 0.6 is 31.9 Å². The number of pyridine rings is 1. The third-order valence-electron chi connectivity index (χ3n) is 1.35. The lowest BCUT2D eigenvalue weighted by Gasteiger charge is -2.05. The predicted molar refractivity (Wildman–Crippen MR) is 49.3 cm³/mol. The Labute approximate surface area is 89.8 Å². The molecular weight excluding hydrogens is 310 g/mol. The summed E-state index contributed by atoms with van der Waals surface area (Å²) >= 11 is 5.83. The van der Waals surface area contributed by atoms with Crippen molar-refractivity contribution in [2.75, 3.05) is 0 Å². The second kappa shape index (κ2) is 4.11. The summed E-state index contributed by atoms with van der Waals surface area (Å²) in [5.41, 5.74) is -0.464. The molecule has 0 aliphatic carbocycles. The van der Waals surface area contributed by atoms with E-state index in [1.54, 1.807) is 6.07 Å². The van der Waals surface area contributed by atoms with Crippen LogP contribution in [0.2, 0.25) is 0 Å². The van der Waals surface area contributed by atoms with Gasteiger partial charge in [-0.2, -0.15) is 5.26 Å². The Kier molecular flexibility index (Phi) is 3.33. The summed E-state index contributed by atoms with van der Waals surface area (Å²) in [7, 11) is 0. The van der Waals surface area contributed by atoms with Crippen LogP contribution in [0.4, 0.5) is 8.78 Å². The highest BCUT2D eigenvalue weighted by Crippen LogP contribution is 2.32. The van der Waals surface area contributed by atoms with Gasteiger partial charge >= 0.3 is 0 Å². The van der Waals surface area contributed by atoms with E-state index >= 15 is 0 Å². The molecule has 0 saturated carbocycles. The third-order valence-corrected chi connectivity index (χ3v) is 2.58. The molecule has 0 aliphatic rings. The van der Waals surface area contributed by atoms with Crippen LogP contribution < -0.4 is 0 Å². The molecule has 0 radical (unpaired) electrons. The number of nitrogens with zero attached hydrogens (tertiary/aromatic N) is 2. The van der Waals surface area contributed by atoms with Crippen LogP contribution in [0.25, 0.3) is 0 Å². The monoisotopic (exact) mass is 310 g/mol. The smallest absolute Gasteiger partial charge is 0.248 e. The van der Waals surface area contributed by atoms with Crippen LogP contribution in [0.15, 0.2) is 15.3 Å². The Hall–Kier alpha value is -0.540. The van der Waals surface area contributed by atoms with Gasteiger partial charge in [-0.15, -0.1) is 0 Å². The minimum Gasteiger partial charge on any atom is -0.248 e. The van der Waals surface area contributed by atoms with Gasteiger partial charge in [0.2, 0.25) is 0 Å². The van der Waals surface area contributed by atoms with Gasteiger partial charge in [-0.3, -0.25) is 0 Å². The zero-order valence-corrected chi connectivity index (χ0v) is 9.23. The lowest BCUT2D eigenvalue weighted by molar-refractivity contribution is 0.149. The van der Waals surface area contributed by atoms with Crippen molar-refractivity contribution in [2.24, 2.45) is 0 Å². The van der Waals surface area contributed by atoms with Crippen LogP contribution in [-0.2, 0) is 0 Å². The van der Waals surface area contributed by atoms with Crippen molar-refractivity contribution >= 4 is 31.9 Å². The van der Waals surface area contributed by atoms with Crippen molar-refractivity contribution in [3.8, 4) is 6.07 Å². The van der Waals surface area contributed by atoms with Gasteiger partial charge in [-0.05, 0) is 31.9 Å². The number of hydrogen-bond acceptors (Lipinski definition) is 2. The third kappa shape index (κ3) is 2.03. The zero-order valence-electron chi connectivity index (χ0n) is 6.06. The number of halogens is 4. The second-order valence-corrected chi connectivity index (χ2v) is 3.70. The zero-order chi connectivity index (χ0) is 10.0. The summed E-state index contributed by atoms with van der Waals surface area (Å²) in [5.74, 6) is 0. The van der Waals surface area contributed by atoms with Crippen LogP contribution in [-0.4, -0.2) is 4.98 Å². The first-order chi connectivity index (χ1) is 6.07. The average Bonchev–Trinajstić information content (AvgIpc) is 2.07. The first-order valence-corrected chi connectivity index (χ1v) is 4.68. The van der Waals surface area contributed by atoms with Crippen LogP contribution in [0.5, 0.6) is 0 Å². The van der Waals surface area contributed by atoms with Gasteiger partial charge in [0, 0.05) is 6.20 Å². The molecule has 13 heavy (non-hydrogen) atoms. The van der Waals surface area contributed by atoms with E-state index in [2.05, 4.69) is 36.8 Å². The fourth-order valence-electron chi connectivity index (χ4n) is 0.792. The molecule has 0 spiro atoms. The van der Waals surface area contributed by atoms with Gasteiger partial charge in [-0.25, -0.2) is 13.8 Å². The first-order valence-electron chi connectivity index (χ1n) is 3.10. The Balaban J connectivity index is 3.46. The molecule has 0 amide bonds. The number of alkyl halides is 2. The maximum atomic E-state index is 12.4. The molecule has 68 valence electrons. The summed E-state index contributed by atoms with van der Waals surface area (Å²) < 4.78 is 25.1. The Morgan fingerprint density at radius 2 is 2.08 bits per heavy atom. The molecule has 1 aromatic rings. The van der Waals surface area contributed by atoms with Crippen LogP contribution in [0, 0.1) is 11.3 Å². The van der Waals surface area contributed by atoms with Crippen molar-refractivity contribution in [1.82, 2.24) is 4.98 Å². The maximum Gasteiger partial charge on any atom is 0.267 e. The molecule has 0 atom stereocenters. The van der Waals surface area contributed by atoms with E-state index in [1.165, 1.54) is 6.20 Å². The van der Waals surface area contributed by atoms with Crippen molar-refractivity contribution in [1.29, 1.82) is 5.26 Å². The van der Waals surface area contributed by atoms with Gasteiger partial charge in [-0.1, -0.05) is 0 Å². The predicted octanol–water partition coefficient (Wildman–Crippen LogP) is 3.42. The van der Waals surface area contributed by atoms with Gasteiger partial charge in [0.25, 0.3) is 6.43 Å². The summed E-state index contributed by atoms with van der Waals surface area (Å²) in [6, 6.07) is 1.69. The van der Waals surface area contributed by atoms with Gasteiger partial charge in [0.1, 0.15) is 10.7 Å². The van der Waals surface area contributed by atoms with Crippen LogP contribution in [0.1, 0.15) is 17.6 Å². The minimum absolute atomic E-state index is 0.00208. The van der Waals surface area contributed by atoms with E-state index in [-0.39, 0.29) is 20.2 Å². The fourth-order valence-corrected chi connectivity index (χ4v) is 1.67. The van der Waals surface area contributed by atoms with Crippen molar-refractivity contribution in [3.63, 3.8) is 0 Å². The molecule has 0 saturated heterocycles. The summed E-state index contributed by atoms with van der Waals surface area (Å²) in [5, 5.41) is 8.61. The van der Waals surface area contributed by atoms with E-state index in [0.717, 1.165) is 0 Å².